The second-order valence-corrected chi connectivity index (χ2v) is 9.88. The van der Waals surface area contributed by atoms with Crippen LogP contribution in [-0.4, -0.2) is 65.5 Å². The number of amides is 2. The van der Waals surface area contributed by atoms with Gasteiger partial charge in [0, 0.05) is 37.4 Å². The van der Waals surface area contributed by atoms with Gasteiger partial charge in [0.1, 0.15) is 0 Å². The molecule has 0 unspecified atom stereocenters. The lowest BCUT2D eigenvalue weighted by atomic mass is 9.98. The lowest BCUT2D eigenvalue weighted by Crippen LogP contribution is -2.43. The Kier molecular flexibility index (Phi) is 6.60. The van der Waals surface area contributed by atoms with Crippen LogP contribution >= 0.6 is 0 Å². The number of nitrogens with one attached hydrogen (secondary N) is 2. The Morgan fingerprint density at radius 2 is 1.69 bits per heavy atom. The number of morpholine rings is 1. The van der Waals surface area contributed by atoms with Crippen LogP contribution in [0.4, 0.5) is 11.4 Å². The normalized spacial score (nSPS) is 17.8. The molecule has 3 N–H and O–H groups in total. The van der Waals surface area contributed by atoms with Crippen molar-refractivity contribution in [3.63, 3.8) is 0 Å². The maximum Gasteiger partial charge on any atom is 0.335 e. The minimum absolute atomic E-state index is 0.106. The first-order valence-corrected chi connectivity index (χ1v) is 12.9. The molecule has 3 heterocycles. The van der Waals surface area contributed by atoms with Crippen molar-refractivity contribution in [3.8, 4) is 0 Å². The standard InChI is InChI=1S/C30H28N4O5/c35-26(18-33-10-12-39-13-11-33)34-16-21-6-8-23(14-22(21)17-34)31-28(19-4-2-1-3-5-19)27-24-9-7-20(30(37)38)15-25(24)32-29(27)36/h1-9,14-15,31H,10-13,16-18H2,(H,32,36)(H,37,38)/b28-27-. The molecule has 9 heteroatoms. The molecule has 198 valence electrons. The van der Waals surface area contributed by atoms with Crippen LogP contribution in [0.25, 0.3) is 11.3 Å². The van der Waals surface area contributed by atoms with Crippen molar-refractivity contribution in [2.45, 2.75) is 13.1 Å². The van der Waals surface area contributed by atoms with Gasteiger partial charge in [-0.3, -0.25) is 14.5 Å². The summed E-state index contributed by atoms with van der Waals surface area (Å²) >= 11 is 0. The van der Waals surface area contributed by atoms with E-state index in [4.69, 9.17) is 4.74 Å². The number of benzene rings is 3. The van der Waals surface area contributed by atoms with Gasteiger partial charge in [-0.1, -0.05) is 42.5 Å². The number of fused-ring (bicyclic) bond motifs is 2. The molecule has 3 aromatic carbocycles. The fraction of sp³-hybridized carbons (Fsp3) is 0.233. The molecular formula is C30H28N4O5. The van der Waals surface area contributed by atoms with Gasteiger partial charge in [0.15, 0.2) is 0 Å². The Labute approximate surface area is 225 Å². The predicted octanol–water partition coefficient (Wildman–Crippen LogP) is 3.49. The third kappa shape index (κ3) is 5.01. The molecule has 1 saturated heterocycles. The number of nitrogens with zero attached hydrogens (tertiary/aromatic N) is 2. The molecule has 3 aromatic rings. The van der Waals surface area contributed by atoms with Crippen LogP contribution < -0.4 is 10.6 Å². The first-order chi connectivity index (χ1) is 19.0. The minimum atomic E-state index is -1.05. The van der Waals surface area contributed by atoms with Crippen LogP contribution in [0.2, 0.25) is 0 Å². The summed E-state index contributed by atoms with van der Waals surface area (Å²) < 4.78 is 5.39. The number of rotatable bonds is 6. The maximum atomic E-state index is 13.2. The van der Waals surface area contributed by atoms with Gasteiger partial charge in [-0.25, -0.2) is 4.79 Å². The lowest BCUT2D eigenvalue weighted by molar-refractivity contribution is -0.134. The zero-order valence-corrected chi connectivity index (χ0v) is 21.3. The lowest BCUT2D eigenvalue weighted by Gasteiger charge is -2.27. The Morgan fingerprint density at radius 3 is 2.46 bits per heavy atom. The summed E-state index contributed by atoms with van der Waals surface area (Å²) in [6.07, 6.45) is 0. The second kappa shape index (κ2) is 10.4. The highest BCUT2D eigenvalue weighted by Gasteiger charge is 2.30. The molecule has 39 heavy (non-hydrogen) atoms. The molecule has 0 aliphatic carbocycles. The van der Waals surface area contributed by atoms with Gasteiger partial charge in [-0.05, 0) is 41.0 Å². The number of aromatic carboxylic acids is 1. The summed E-state index contributed by atoms with van der Waals surface area (Å²) in [5, 5.41) is 15.7. The third-order valence-corrected chi connectivity index (χ3v) is 7.34. The Balaban J connectivity index is 1.29. The maximum absolute atomic E-state index is 13.2. The van der Waals surface area contributed by atoms with E-state index in [1.807, 2.05) is 53.4 Å². The average Bonchev–Trinajstić information content (AvgIpc) is 3.52. The quantitative estimate of drug-likeness (QED) is 0.424. The highest BCUT2D eigenvalue weighted by Crippen LogP contribution is 2.38. The number of hydrogen-bond donors (Lipinski definition) is 3. The van der Waals surface area contributed by atoms with E-state index in [9.17, 15) is 19.5 Å². The molecule has 3 aliphatic rings. The van der Waals surface area contributed by atoms with E-state index in [0.29, 0.717) is 55.4 Å². The zero-order valence-electron chi connectivity index (χ0n) is 21.3. The molecule has 2 amide bonds. The van der Waals surface area contributed by atoms with Crippen molar-refractivity contribution in [3.05, 3.63) is 94.5 Å². The molecule has 0 bridgehead atoms. The van der Waals surface area contributed by atoms with E-state index in [-0.39, 0.29) is 17.4 Å². The van der Waals surface area contributed by atoms with Crippen molar-refractivity contribution in [1.29, 1.82) is 0 Å². The molecule has 0 aromatic heterocycles. The highest BCUT2D eigenvalue weighted by atomic mass is 16.5. The summed E-state index contributed by atoms with van der Waals surface area (Å²) in [6, 6.07) is 20.2. The molecule has 9 nitrogen and oxygen atoms in total. The van der Waals surface area contributed by atoms with Crippen LogP contribution in [0.15, 0.2) is 66.7 Å². The smallest absolute Gasteiger partial charge is 0.335 e. The van der Waals surface area contributed by atoms with Crippen molar-refractivity contribution in [2.75, 3.05) is 43.5 Å². The number of carboxylic acids is 1. The van der Waals surface area contributed by atoms with E-state index in [1.54, 1.807) is 6.07 Å². The second-order valence-electron chi connectivity index (χ2n) is 9.88. The van der Waals surface area contributed by atoms with Gasteiger partial charge < -0.3 is 25.4 Å². The first-order valence-electron chi connectivity index (χ1n) is 12.9. The topological polar surface area (TPSA) is 111 Å². The van der Waals surface area contributed by atoms with E-state index in [1.165, 1.54) is 12.1 Å². The average molecular weight is 525 g/mol. The first kappa shape index (κ1) is 24.8. The summed E-state index contributed by atoms with van der Waals surface area (Å²) in [4.78, 5) is 41.6. The Bertz CT molecular complexity index is 1490. The molecule has 0 atom stereocenters. The van der Waals surface area contributed by atoms with Gasteiger partial charge in [-0.2, -0.15) is 0 Å². The van der Waals surface area contributed by atoms with Crippen molar-refractivity contribution < 1.29 is 24.2 Å². The number of anilines is 2. The van der Waals surface area contributed by atoms with E-state index in [0.717, 1.165) is 35.5 Å². The molecule has 0 spiro atoms. The fourth-order valence-electron chi connectivity index (χ4n) is 5.28. The SMILES string of the molecule is O=C1Nc2cc(C(=O)O)ccc2/C1=C(/Nc1ccc2c(c1)CN(C(=O)CN1CCOCC1)C2)c1ccccc1. The van der Waals surface area contributed by atoms with Crippen molar-refractivity contribution in [2.24, 2.45) is 0 Å². The molecule has 3 aliphatic heterocycles. The largest absolute Gasteiger partial charge is 0.478 e. The molecule has 0 saturated carbocycles. The number of carbonyl (C=O) groups is 3. The van der Waals surface area contributed by atoms with E-state index < -0.39 is 5.97 Å². The van der Waals surface area contributed by atoms with Crippen LogP contribution in [0.3, 0.4) is 0 Å². The fourth-order valence-corrected chi connectivity index (χ4v) is 5.28. The van der Waals surface area contributed by atoms with Crippen molar-refractivity contribution >= 4 is 40.4 Å². The van der Waals surface area contributed by atoms with Gasteiger partial charge >= 0.3 is 5.97 Å². The number of hydrogen-bond acceptors (Lipinski definition) is 6. The number of ether oxygens (including phenoxy) is 1. The summed E-state index contributed by atoms with van der Waals surface area (Å²) in [5.74, 6) is -1.25. The molecule has 6 rings (SSSR count). The summed E-state index contributed by atoms with van der Waals surface area (Å²) in [6.45, 7) is 4.36. The van der Waals surface area contributed by atoms with Crippen LogP contribution in [0.5, 0.6) is 0 Å². The van der Waals surface area contributed by atoms with Gasteiger partial charge in [0.25, 0.3) is 5.91 Å². The van der Waals surface area contributed by atoms with Crippen LogP contribution in [0, 0.1) is 0 Å². The number of carbonyl (C=O) groups excluding carboxylic acids is 2. The third-order valence-electron chi connectivity index (χ3n) is 7.34. The zero-order chi connectivity index (χ0) is 26.9. The minimum Gasteiger partial charge on any atom is -0.478 e. The Morgan fingerprint density at radius 1 is 0.923 bits per heavy atom. The monoisotopic (exact) mass is 524 g/mol. The van der Waals surface area contributed by atoms with Gasteiger partial charge in [-0.15, -0.1) is 0 Å². The summed E-state index contributed by atoms with van der Waals surface area (Å²) in [7, 11) is 0. The molecule has 0 radical (unpaired) electrons. The summed E-state index contributed by atoms with van der Waals surface area (Å²) in [5.41, 5.74) is 6.06. The van der Waals surface area contributed by atoms with Crippen LogP contribution in [0.1, 0.15) is 32.6 Å². The van der Waals surface area contributed by atoms with Crippen molar-refractivity contribution in [1.82, 2.24) is 9.80 Å². The number of carboxylic acid groups (broad SMARTS) is 1. The Hall–Kier alpha value is -4.47. The van der Waals surface area contributed by atoms with E-state index in [2.05, 4.69) is 15.5 Å². The van der Waals surface area contributed by atoms with Gasteiger partial charge in [0.05, 0.1) is 42.3 Å². The predicted molar refractivity (Wildman–Crippen MR) is 147 cm³/mol. The highest BCUT2D eigenvalue weighted by molar-refractivity contribution is 6.37. The van der Waals surface area contributed by atoms with Crippen LogP contribution in [-0.2, 0) is 27.4 Å². The molecule has 1 fully saturated rings. The van der Waals surface area contributed by atoms with E-state index >= 15 is 0 Å². The van der Waals surface area contributed by atoms with Gasteiger partial charge in [0.2, 0.25) is 5.91 Å². The molecular weight excluding hydrogens is 496 g/mol.